The van der Waals surface area contributed by atoms with Gasteiger partial charge in [0.2, 0.25) is 5.91 Å². The van der Waals surface area contributed by atoms with E-state index in [9.17, 15) is 9.59 Å². The summed E-state index contributed by atoms with van der Waals surface area (Å²) >= 11 is 0. The lowest BCUT2D eigenvalue weighted by molar-refractivity contribution is -0.138. The highest BCUT2D eigenvalue weighted by Crippen LogP contribution is 2.17. The molecule has 98 valence electrons. The van der Waals surface area contributed by atoms with Crippen LogP contribution in [0.1, 0.15) is 39.5 Å². The highest BCUT2D eigenvalue weighted by molar-refractivity contribution is 5.79. The van der Waals surface area contributed by atoms with E-state index in [1.807, 2.05) is 13.8 Å². The highest BCUT2D eigenvalue weighted by Gasteiger charge is 2.27. The van der Waals surface area contributed by atoms with Gasteiger partial charge in [-0.05, 0) is 33.1 Å². The van der Waals surface area contributed by atoms with Gasteiger partial charge >= 0.3 is 5.97 Å². The molecule has 0 saturated carbocycles. The van der Waals surface area contributed by atoms with Crippen LogP contribution < -0.4 is 5.32 Å². The Kier molecular flexibility index (Phi) is 4.93. The standard InChI is InChI=1S/C12H21NO4/c1-12(2,6-5-10(14)15)13-11(16)9-4-3-7-17-8-9/h9H,3-8H2,1-2H3,(H,13,16)(H,14,15). The molecule has 0 aromatic carbocycles. The first-order chi connectivity index (χ1) is 7.91. The lowest BCUT2D eigenvalue weighted by atomic mass is 9.95. The van der Waals surface area contributed by atoms with Crippen molar-refractivity contribution < 1.29 is 19.4 Å². The summed E-state index contributed by atoms with van der Waals surface area (Å²) in [6.07, 6.45) is 2.25. The molecule has 0 aromatic heterocycles. The molecular weight excluding hydrogens is 222 g/mol. The molecule has 1 saturated heterocycles. The summed E-state index contributed by atoms with van der Waals surface area (Å²) in [6.45, 7) is 4.89. The van der Waals surface area contributed by atoms with Gasteiger partial charge in [0.15, 0.2) is 0 Å². The average molecular weight is 243 g/mol. The molecule has 0 bridgehead atoms. The minimum Gasteiger partial charge on any atom is -0.481 e. The molecule has 1 amide bonds. The van der Waals surface area contributed by atoms with E-state index in [4.69, 9.17) is 9.84 Å². The van der Waals surface area contributed by atoms with E-state index in [1.54, 1.807) is 0 Å². The fourth-order valence-corrected chi connectivity index (χ4v) is 1.87. The Morgan fingerprint density at radius 3 is 2.71 bits per heavy atom. The molecule has 0 spiro atoms. The Morgan fingerprint density at radius 2 is 2.18 bits per heavy atom. The smallest absolute Gasteiger partial charge is 0.303 e. The van der Waals surface area contributed by atoms with Crippen LogP contribution in [0.5, 0.6) is 0 Å². The fraction of sp³-hybridized carbons (Fsp3) is 0.833. The predicted molar refractivity (Wildman–Crippen MR) is 62.6 cm³/mol. The van der Waals surface area contributed by atoms with E-state index < -0.39 is 11.5 Å². The van der Waals surface area contributed by atoms with E-state index in [0.29, 0.717) is 13.0 Å². The van der Waals surface area contributed by atoms with Crippen molar-refractivity contribution in [2.45, 2.75) is 45.1 Å². The van der Waals surface area contributed by atoms with E-state index in [1.165, 1.54) is 0 Å². The van der Waals surface area contributed by atoms with Crippen LogP contribution in [-0.2, 0) is 14.3 Å². The van der Waals surface area contributed by atoms with Crippen LogP contribution in [0.25, 0.3) is 0 Å². The second-order valence-electron chi connectivity index (χ2n) is 5.18. The molecule has 0 aromatic rings. The molecule has 5 nitrogen and oxygen atoms in total. The number of hydrogen-bond donors (Lipinski definition) is 2. The summed E-state index contributed by atoms with van der Waals surface area (Å²) in [5, 5.41) is 11.5. The van der Waals surface area contributed by atoms with E-state index >= 15 is 0 Å². The summed E-state index contributed by atoms with van der Waals surface area (Å²) in [7, 11) is 0. The maximum atomic E-state index is 11.9. The van der Waals surface area contributed by atoms with Crippen LogP contribution in [0, 0.1) is 5.92 Å². The zero-order valence-corrected chi connectivity index (χ0v) is 10.5. The molecule has 0 aliphatic carbocycles. The summed E-state index contributed by atoms with van der Waals surface area (Å²) in [5.41, 5.74) is -0.479. The first-order valence-corrected chi connectivity index (χ1v) is 6.02. The number of carbonyl (C=O) groups is 2. The number of nitrogens with one attached hydrogen (secondary N) is 1. The Bertz CT molecular complexity index is 282. The van der Waals surface area contributed by atoms with Crippen LogP contribution >= 0.6 is 0 Å². The maximum absolute atomic E-state index is 11.9. The zero-order chi connectivity index (χ0) is 12.9. The quantitative estimate of drug-likeness (QED) is 0.760. The van der Waals surface area contributed by atoms with Crippen molar-refractivity contribution in [3.8, 4) is 0 Å². The Labute approximate surface area is 102 Å². The molecule has 0 radical (unpaired) electrons. The third-order valence-corrected chi connectivity index (χ3v) is 2.96. The van der Waals surface area contributed by atoms with E-state index in [0.717, 1.165) is 19.4 Å². The van der Waals surface area contributed by atoms with Gasteiger partial charge in [-0.25, -0.2) is 0 Å². The highest BCUT2D eigenvalue weighted by atomic mass is 16.5. The van der Waals surface area contributed by atoms with E-state index in [2.05, 4.69) is 5.32 Å². The second-order valence-corrected chi connectivity index (χ2v) is 5.18. The molecule has 1 atom stereocenters. The van der Waals surface area contributed by atoms with Crippen molar-refractivity contribution in [1.29, 1.82) is 0 Å². The number of carboxylic acid groups (broad SMARTS) is 1. The lowest BCUT2D eigenvalue weighted by Gasteiger charge is -2.29. The number of carbonyl (C=O) groups excluding carboxylic acids is 1. The van der Waals surface area contributed by atoms with Crippen molar-refractivity contribution in [3.63, 3.8) is 0 Å². The van der Waals surface area contributed by atoms with Crippen molar-refractivity contribution in [1.82, 2.24) is 5.32 Å². The Balaban J connectivity index is 2.39. The first kappa shape index (κ1) is 14.0. The number of carboxylic acids is 1. The summed E-state index contributed by atoms with van der Waals surface area (Å²) in [5.74, 6) is -0.957. The Hall–Kier alpha value is -1.10. The summed E-state index contributed by atoms with van der Waals surface area (Å²) in [4.78, 5) is 22.4. The van der Waals surface area contributed by atoms with Gasteiger partial charge < -0.3 is 15.2 Å². The molecule has 1 aliphatic heterocycles. The SMILES string of the molecule is CC(C)(CCC(=O)O)NC(=O)C1CCCOC1. The number of rotatable bonds is 5. The predicted octanol–water partition coefficient (Wildman–Crippen LogP) is 1.17. The van der Waals surface area contributed by atoms with Gasteiger partial charge in [-0.15, -0.1) is 0 Å². The maximum Gasteiger partial charge on any atom is 0.303 e. The molecule has 1 aliphatic rings. The molecule has 1 unspecified atom stereocenters. The van der Waals surface area contributed by atoms with Crippen molar-refractivity contribution in [2.24, 2.45) is 5.92 Å². The van der Waals surface area contributed by atoms with Crippen LogP contribution in [0.4, 0.5) is 0 Å². The normalized spacial score (nSPS) is 20.9. The molecule has 1 rings (SSSR count). The average Bonchev–Trinajstić information content (AvgIpc) is 2.27. The van der Waals surface area contributed by atoms with Gasteiger partial charge in [0, 0.05) is 18.6 Å². The minimum atomic E-state index is -0.840. The largest absolute Gasteiger partial charge is 0.481 e. The molecule has 1 fully saturated rings. The van der Waals surface area contributed by atoms with Gasteiger partial charge in [-0.2, -0.15) is 0 Å². The van der Waals surface area contributed by atoms with Crippen LogP contribution in [-0.4, -0.2) is 35.7 Å². The molecule has 5 heteroatoms. The first-order valence-electron chi connectivity index (χ1n) is 6.02. The number of amides is 1. The van der Waals surface area contributed by atoms with Gasteiger partial charge in [-0.3, -0.25) is 9.59 Å². The van der Waals surface area contributed by atoms with Gasteiger partial charge in [0.05, 0.1) is 12.5 Å². The van der Waals surface area contributed by atoms with E-state index in [-0.39, 0.29) is 18.2 Å². The molecule has 17 heavy (non-hydrogen) atoms. The van der Waals surface area contributed by atoms with Gasteiger partial charge in [0.25, 0.3) is 0 Å². The third-order valence-electron chi connectivity index (χ3n) is 2.96. The minimum absolute atomic E-state index is 0.0277. The van der Waals surface area contributed by atoms with Crippen molar-refractivity contribution in [2.75, 3.05) is 13.2 Å². The van der Waals surface area contributed by atoms with Gasteiger partial charge in [0.1, 0.15) is 0 Å². The molecule has 1 heterocycles. The topological polar surface area (TPSA) is 75.6 Å². The Morgan fingerprint density at radius 1 is 1.47 bits per heavy atom. The summed E-state index contributed by atoms with van der Waals surface area (Å²) < 4.78 is 5.26. The number of aliphatic carboxylic acids is 1. The van der Waals surface area contributed by atoms with Gasteiger partial charge in [-0.1, -0.05) is 0 Å². The van der Waals surface area contributed by atoms with Crippen LogP contribution in [0.3, 0.4) is 0 Å². The number of ether oxygens (including phenoxy) is 1. The molecular formula is C12H21NO4. The monoisotopic (exact) mass is 243 g/mol. The lowest BCUT2D eigenvalue weighted by Crippen LogP contribution is -2.47. The zero-order valence-electron chi connectivity index (χ0n) is 10.5. The summed E-state index contributed by atoms with van der Waals surface area (Å²) in [6, 6.07) is 0. The number of hydrogen-bond acceptors (Lipinski definition) is 3. The second kappa shape index (κ2) is 6.00. The van der Waals surface area contributed by atoms with Crippen LogP contribution in [0.2, 0.25) is 0 Å². The fourth-order valence-electron chi connectivity index (χ4n) is 1.87. The van der Waals surface area contributed by atoms with Crippen molar-refractivity contribution >= 4 is 11.9 Å². The molecule has 2 N–H and O–H groups in total. The van der Waals surface area contributed by atoms with Crippen LogP contribution in [0.15, 0.2) is 0 Å². The van der Waals surface area contributed by atoms with Crippen molar-refractivity contribution in [3.05, 3.63) is 0 Å². The third kappa shape index (κ3) is 5.17.